The van der Waals surface area contributed by atoms with E-state index < -0.39 is 5.60 Å². The molecule has 1 saturated carbocycles. The number of carbonyl (C=O) groups excluding carboxylic acids is 3. The smallest absolute Gasteiger partial charge is 0.308 e. The van der Waals surface area contributed by atoms with Crippen molar-refractivity contribution >= 4 is 17.5 Å². The van der Waals surface area contributed by atoms with E-state index in [4.69, 9.17) is 18.9 Å². The van der Waals surface area contributed by atoms with Gasteiger partial charge in [0.05, 0.1) is 44.8 Å². The molecular formula is C24H26O8. The highest BCUT2D eigenvalue weighted by Crippen LogP contribution is 2.49. The van der Waals surface area contributed by atoms with Gasteiger partial charge in [0.1, 0.15) is 28.6 Å². The number of carbonyl (C=O) groups is 3. The molecule has 0 bridgehead atoms. The molecule has 1 spiro atoms. The van der Waals surface area contributed by atoms with E-state index in [9.17, 15) is 19.5 Å². The molecular weight excluding hydrogens is 416 g/mol. The fraction of sp³-hybridized carbons (Fsp3) is 0.375. The number of ketones is 2. The summed E-state index contributed by atoms with van der Waals surface area (Å²) in [5.41, 5.74) is 0.351. The van der Waals surface area contributed by atoms with Crippen LogP contribution in [0, 0.1) is 5.92 Å². The number of hydrogen-bond acceptors (Lipinski definition) is 8. The van der Waals surface area contributed by atoms with Crippen molar-refractivity contribution in [2.75, 3.05) is 21.3 Å². The molecule has 0 unspecified atom stereocenters. The van der Waals surface area contributed by atoms with Crippen molar-refractivity contribution in [2.24, 2.45) is 5.92 Å². The number of Topliss-reactive ketones (excluding diaryl/α,β-unsaturated/α-hetero) is 2. The summed E-state index contributed by atoms with van der Waals surface area (Å²) in [7, 11) is 4.45. The quantitative estimate of drug-likeness (QED) is 0.565. The number of fused-ring (bicyclic) bond motifs is 1. The second kappa shape index (κ2) is 9.30. The summed E-state index contributed by atoms with van der Waals surface area (Å²) >= 11 is 0. The summed E-state index contributed by atoms with van der Waals surface area (Å²) in [5, 5.41) is 9.29. The normalized spacial score (nSPS) is 20.6. The number of rotatable bonds is 4. The first-order valence-corrected chi connectivity index (χ1v) is 10.1. The third-order valence-electron chi connectivity index (χ3n) is 5.65. The van der Waals surface area contributed by atoms with Gasteiger partial charge in [0.2, 0.25) is 0 Å². The maximum Gasteiger partial charge on any atom is 0.308 e. The van der Waals surface area contributed by atoms with Gasteiger partial charge in [0.15, 0.2) is 11.6 Å². The van der Waals surface area contributed by atoms with Crippen LogP contribution in [0.4, 0.5) is 0 Å². The second-order valence-corrected chi connectivity index (χ2v) is 7.81. The van der Waals surface area contributed by atoms with E-state index >= 15 is 0 Å². The van der Waals surface area contributed by atoms with Gasteiger partial charge in [-0.1, -0.05) is 0 Å². The van der Waals surface area contributed by atoms with Crippen LogP contribution in [0.2, 0.25) is 0 Å². The van der Waals surface area contributed by atoms with E-state index in [1.165, 1.54) is 33.3 Å². The fourth-order valence-electron chi connectivity index (χ4n) is 3.94. The van der Waals surface area contributed by atoms with Gasteiger partial charge in [-0.3, -0.25) is 14.4 Å². The lowest BCUT2D eigenvalue weighted by molar-refractivity contribution is -0.159. The zero-order valence-corrected chi connectivity index (χ0v) is 18.5. The molecule has 0 aromatic heterocycles. The predicted molar refractivity (Wildman–Crippen MR) is 115 cm³/mol. The Bertz CT molecular complexity index is 1040. The lowest BCUT2D eigenvalue weighted by Gasteiger charge is -2.48. The minimum absolute atomic E-state index is 0.0400. The van der Waals surface area contributed by atoms with Crippen molar-refractivity contribution < 1.29 is 38.4 Å². The molecule has 1 fully saturated rings. The Kier molecular flexibility index (Phi) is 6.72. The first-order chi connectivity index (χ1) is 15.2. The standard InChI is InChI=1S/C15H16O5.C9H10O3/c1-18-10-3-4-11-12(16)8-15(20-13(11)5-10)6-9(7-15)14(17)19-2;1-6(10)8-4-3-7(12-2)5-9(8)11/h3-5,9H,6-8H2,1-2H3;3-5,11H,1-2H3. The maximum absolute atomic E-state index is 12.2. The molecule has 1 aliphatic carbocycles. The van der Waals surface area contributed by atoms with E-state index in [0.29, 0.717) is 47.6 Å². The predicted octanol–water partition coefficient (Wildman–Crippen LogP) is 3.59. The number of hydrogen-bond donors (Lipinski definition) is 1. The highest BCUT2D eigenvalue weighted by Gasteiger charge is 2.53. The largest absolute Gasteiger partial charge is 0.507 e. The molecule has 1 N–H and O–H groups in total. The van der Waals surface area contributed by atoms with E-state index in [-0.39, 0.29) is 29.2 Å². The summed E-state index contributed by atoms with van der Waals surface area (Å²) in [6.45, 7) is 1.40. The van der Waals surface area contributed by atoms with E-state index in [0.717, 1.165) is 0 Å². The lowest BCUT2D eigenvalue weighted by Crippen LogP contribution is -2.54. The summed E-state index contributed by atoms with van der Waals surface area (Å²) < 4.78 is 20.7. The highest BCUT2D eigenvalue weighted by molar-refractivity contribution is 6.01. The molecule has 32 heavy (non-hydrogen) atoms. The first-order valence-electron chi connectivity index (χ1n) is 10.1. The van der Waals surface area contributed by atoms with Crippen LogP contribution in [0.3, 0.4) is 0 Å². The van der Waals surface area contributed by atoms with Crippen LogP contribution < -0.4 is 14.2 Å². The number of methoxy groups -OCH3 is 3. The minimum atomic E-state index is -0.546. The van der Waals surface area contributed by atoms with E-state index in [1.807, 2.05) is 0 Å². The maximum atomic E-state index is 12.2. The lowest BCUT2D eigenvalue weighted by atomic mass is 9.67. The zero-order chi connectivity index (χ0) is 23.5. The van der Waals surface area contributed by atoms with Crippen LogP contribution >= 0.6 is 0 Å². The number of esters is 1. The molecule has 0 saturated heterocycles. The van der Waals surface area contributed by atoms with Gasteiger partial charge in [-0.15, -0.1) is 0 Å². The molecule has 8 heteroatoms. The van der Waals surface area contributed by atoms with Gasteiger partial charge >= 0.3 is 5.97 Å². The van der Waals surface area contributed by atoms with Gasteiger partial charge in [0.25, 0.3) is 0 Å². The molecule has 170 valence electrons. The Morgan fingerprint density at radius 3 is 2.22 bits per heavy atom. The highest BCUT2D eigenvalue weighted by atomic mass is 16.5. The average molecular weight is 442 g/mol. The minimum Gasteiger partial charge on any atom is -0.507 e. The van der Waals surface area contributed by atoms with Gasteiger partial charge < -0.3 is 24.1 Å². The first kappa shape index (κ1) is 23.1. The van der Waals surface area contributed by atoms with E-state index in [2.05, 4.69) is 0 Å². The Hall–Kier alpha value is -3.55. The molecule has 2 aromatic rings. The molecule has 2 aliphatic rings. The SMILES string of the molecule is COC(=O)C1CC2(CC(=O)c3ccc(OC)cc3O2)C1.COc1ccc(C(C)=O)c(O)c1. The number of aromatic hydroxyl groups is 1. The Morgan fingerprint density at radius 2 is 1.66 bits per heavy atom. The van der Waals surface area contributed by atoms with Crippen molar-refractivity contribution in [3.05, 3.63) is 47.5 Å². The Morgan fingerprint density at radius 1 is 1.03 bits per heavy atom. The summed E-state index contributed by atoms with van der Waals surface area (Å²) in [6, 6.07) is 9.78. The average Bonchev–Trinajstić information content (AvgIpc) is 2.76. The molecule has 2 aromatic carbocycles. The van der Waals surface area contributed by atoms with Gasteiger partial charge in [-0.2, -0.15) is 0 Å². The van der Waals surface area contributed by atoms with Gasteiger partial charge in [-0.05, 0) is 31.2 Å². The van der Waals surface area contributed by atoms with Crippen LogP contribution in [0.15, 0.2) is 36.4 Å². The number of benzene rings is 2. The Labute approximate surface area is 186 Å². The van der Waals surface area contributed by atoms with Crippen LogP contribution in [0.25, 0.3) is 0 Å². The van der Waals surface area contributed by atoms with Crippen molar-refractivity contribution in [1.82, 2.24) is 0 Å². The molecule has 1 heterocycles. The molecule has 0 amide bonds. The van der Waals surface area contributed by atoms with Crippen molar-refractivity contribution in [3.8, 4) is 23.0 Å². The van der Waals surface area contributed by atoms with Gasteiger partial charge in [0, 0.05) is 25.0 Å². The zero-order valence-electron chi connectivity index (χ0n) is 18.5. The topological polar surface area (TPSA) is 108 Å². The van der Waals surface area contributed by atoms with Crippen molar-refractivity contribution in [2.45, 2.75) is 31.8 Å². The number of phenolic OH excluding ortho intramolecular Hbond substituents is 1. The monoisotopic (exact) mass is 442 g/mol. The van der Waals surface area contributed by atoms with Crippen molar-refractivity contribution in [3.63, 3.8) is 0 Å². The number of ether oxygens (including phenoxy) is 4. The molecule has 8 nitrogen and oxygen atoms in total. The summed E-state index contributed by atoms with van der Waals surface area (Å²) in [4.78, 5) is 34.5. The van der Waals surface area contributed by atoms with Crippen molar-refractivity contribution in [1.29, 1.82) is 0 Å². The van der Waals surface area contributed by atoms with Crippen LogP contribution in [0.1, 0.15) is 46.9 Å². The molecule has 0 atom stereocenters. The molecule has 4 rings (SSSR count). The summed E-state index contributed by atoms with van der Waals surface area (Å²) in [6.07, 6.45) is 1.38. The van der Waals surface area contributed by atoms with Crippen LogP contribution in [0.5, 0.6) is 23.0 Å². The second-order valence-electron chi connectivity index (χ2n) is 7.81. The van der Waals surface area contributed by atoms with E-state index in [1.54, 1.807) is 31.4 Å². The number of phenols is 1. The summed E-state index contributed by atoms with van der Waals surface area (Å²) in [5.74, 6) is 1.19. The van der Waals surface area contributed by atoms with Crippen LogP contribution in [-0.4, -0.2) is 49.6 Å². The Balaban J connectivity index is 0.000000207. The van der Waals surface area contributed by atoms with Crippen LogP contribution in [-0.2, 0) is 9.53 Å². The third-order valence-corrected chi connectivity index (χ3v) is 5.65. The molecule has 0 radical (unpaired) electrons. The third kappa shape index (κ3) is 4.69. The molecule has 1 aliphatic heterocycles. The fourth-order valence-corrected chi connectivity index (χ4v) is 3.94. The van der Waals surface area contributed by atoms with Gasteiger partial charge in [-0.25, -0.2) is 0 Å².